The van der Waals surface area contributed by atoms with E-state index in [0.29, 0.717) is 18.4 Å². The molecular weight excluding hydrogens is 338 g/mol. The normalized spacial score (nSPS) is 19.2. The molecule has 144 valence electrons. The molecule has 1 saturated carbocycles. The van der Waals surface area contributed by atoms with E-state index in [2.05, 4.69) is 31.5 Å². The number of hydrogen-bond donors (Lipinski definition) is 2. The second-order valence-corrected chi connectivity index (χ2v) is 7.92. The maximum atomic E-state index is 12.3. The first-order chi connectivity index (χ1) is 13.3. The molecule has 0 unspecified atom stereocenters. The highest BCUT2D eigenvalue weighted by Crippen LogP contribution is 2.27. The summed E-state index contributed by atoms with van der Waals surface area (Å²) in [6.07, 6.45) is 12.7. The van der Waals surface area contributed by atoms with Gasteiger partial charge in [-0.1, -0.05) is 19.3 Å². The number of piperidine rings is 1. The summed E-state index contributed by atoms with van der Waals surface area (Å²) in [6.45, 7) is 1.84. The molecule has 27 heavy (non-hydrogen) atoms. The first kappa shape index (κ1) is 18.0. The topological polar surface area (TPSA) is 73.9 Å². The molecule has 1 aliphatic heterocycles. The van der Waals surface area contributed by atoms with E-state index in [9.17, 15) is 4.79 Å². The summed E-state index contributed by atoms with van der Waals surface area (Å²) in [5.41, 5.74) is 2.03. The molecule has 3 heterocycles. The van der Waals surface area contributed by atoms with Crippen LogP contribution in [-0.4, -0.2) is 40.2 Å². The highest BCUT2D eigenvalue weighted by molar-refractivity contribution is 5.76. The smallest absolute Gasteiger partial charge is 0.220 e. The van der Waals surface area contributed by atoms with Gasteiger partial charge in [-0.25, -0.2) is 0 Å². The van der Waals surface area contributed by atoms with Crippen molar-refractivity contribution >= 4 is 11.7 Å². The molecule has 2 aromatic rings. The van der Waals surface area contributed by atoms with E-state index in [4.69, 9.17) is 0 Å². The predicted octanol–water partition coefficient (Wildman–Crippen LogP) is 3.53. The third kappa shape index (κ3) is 4.67. The summed E-state index contributed by atoms with van der Waals surface area (Å²) < 4.78 is 0. The summed E-state index contributed by atoms with van der Waals surface area (Å²) in [7, 11) is 0. The summed E-state index contributed by atoms with van der Waals surface area (Å²) in [6, 6.07) is 6.34. The summed E-state index contributed by atoms with van der Waals surface area (Å²) in [5, 5.41) is 10.8. The molecule has 0 aromatic carbocycles. The van der Waals surface area contributed by atoms with E-state index >= 15 is 0 Å². The number of carbonyl (C=O) groups is 1. The number of amides is 1. The van der Waals surface area contributed by atoms with Gasteiger partial charge in [0.15, 0.2) is 5.82 Å². The molecule has 2 aliphatic rings. The van der Waals surface area contributed by atoms with E-state index in [1.165, 1.54) is 32.1 Å². The van der Waals surface area contributed by atoms with Crippen LogP contribution in [0.2, 0.25) is 0 Å². The molecule has 2 N–H and O–H groups in total. The van der Waals surface area contributed by atoms with Crippen molar-refractivity contribution < 1.29 is 4.79 Å². The zero-order chi connectivity index (χ0) is 18.5. The summed E-state index contributed by atoms with van der Waals surface area (Å²) >= 11 is 0. The monoisotopic (exact) mass is 367 g/mol. The van der Waals surface area contributed by atoms with Crippen molar-refractivity contribution in [3.63, 3.8) is 0 Å². The minimum Gasteiger partial charge on any atom is -0.355 e. The van der Waals surface area contributed by atoms with E-state index in [1.54, 1.807) is 6.20 Å². The molecule has 0 bridgehead atoms. The van der Waals surface area contributed by atoms with Gasteiger partial charge in [-0.05, 0) is 43.7 Å². The predicted molar refractivity (Wildman–Crippen MR) is 106 cm³/mol. The second kappa shape index (κ2) is 8.55. The number of aromatic nitrogens is 3. The van der Waals surface area contributed by atoms with E-state index in [1.807, 2.05) is 18.3 Å². The van der Waals surface area contributed by atoms with Gasteiger partial charge < -0.3 is 10.2 Å². The lowest BCUT2D eigenvalue weighted by Crippen LogP contribution is -2.45. The second-order valence-electron chi connectivity index (χ2n) is 7.92. The van der Waals surface area contributed by atoms with Crippen LogP contribution in [0.15, 0.2) is 30.6 Å². The molecule has 1 amide bonds. The van der Waals surface area contributed by atoms with Crippen molar-refractivity contribution in [2.75, 3.05) is 18.0 Å². The molecule has 0 spiro atoms. The number of hydrogen-bond acceptors (Lipinski definition) is 4. The van der Waals surface area contributed by atoms with Crippen LogP contribution in [-0.2, 0) is 4.79 Å². The molecule has 1 aliphatic carbocycles. The van der Waals surface area contributed by atoms with Crippen molar-refractivity contribution in [3.8, 4) is 11.3 Å². The van der Waals surface area contributed by atoms with Gasteiger partial charge in [-0.3, -0.25) is 14.9 Å². The molecule has 4 rings (SSSR count). The average molecular weight is 367 g/mol. The number of rotatable bonds is 5. The van der Waals surface area contributed by atoms with E-state index < -0.39 is 0 Å². The Balaban J connectivity index is 1.25. The number of nitrogens with one attached hydrogen (secondary N) is 2. The van der Waals surface area contributed by atoms with Crippen molar-refractivity contribution in [2.24, 2.45) is 5.92 Å². The van der Waals surface area contributed by atoms with Crippen LogP contribution in [0, 0.1) is 5.92 Å². The first-order valence-electron chi connectivity index (χ1n) is 10.3. The standard InChI is InChI=1S/C21H29N5O/c27-21(13-16-5-2-1-3-6-16)23-18-8-11-26(12-9-18)20-14-19(24-25-20)17-7-4-10-22-15-17/h4,7,10,14-16,18H,1-3,5-6,8-9,11-13H2,(H,23,27)(H,24,25). The fourth-order valence-electron chi connectivity index (χ4n) is 4.34. The maximum absolute atomic E-state index is 12.3. The molecular formula is C21H29N5O. The van der Waals surface area contributed by atoms with Crippen LogP contribution in [0.4, 0.5) is 5.82 Å². The first-order valence-corrected chi connectivity index (χ1v) is 10.3. The Morgan fingerprint density at radius 2 is 2.00 bits per heavy atom. The van der Waals surface area contributed by atoms with Crippen molar-refractivity contribution in [1.82, 2.24) is 20.5 Å². The number of aromatic amines is 1. The van der Waals surface area contributed by atoms with Gasteiger partial charge in [0.25, 0.3) is 0 Å². The minimum atomic E-state index is 0.249. The van der Waals surface area contributed by atoms with Crippen LogP contribution < -0.4 is 10.2 Å². The number of carbonyl (C=O) groups excluding carboxylic acids is 1. The lowest BCUT2D eigenvalue weighted by molar-refractivity contribution is -0.123. The summed E-state index contributed by atoms with van der Waals surface area (Å²) in [5.74, 6) is 1.83. The maximum Gasteiger partial charge on any atom is 0.220 e. The van der Waals surface area contributed by atoms with Crippen LogP contribution in [0.25, 0.3) is 11.3 Å². The Morgan fingerprint density at radius 3 is 2.74 bits per heavy atom. The number of pyridine rings is 1. The van der Waals surface area contributed by atoms with Gasteiger partial charge in [-0.2, -0.15) is 5.10 Å². The highest BCUT2D eigenvalue weighted by atomic mass is 16.1. The Labute approximate surface area is 160 Å². The van der Waals surface area contributed by atoms with E-state index in [0.717, 1.165) is 43.0 Å². The van der Waals surface area contributed by atoms with E-state index in [-0.39, 0.29) is 5.91 Å². The number of anilines is 1. The largest absolute Gasteiger partial charge is 0.355 e. The zero-order valence-electron chi connectivity index (χ0n) is 15.9. The fourth-order valence-corrected chi connectivity index (χ4v) is 4.34. The zero-order valence-corrected chi connectivity index (χ0v) is 15.9. The van der Waals surface area contributed by atoms with Gasteiger partial charge in [0, 0.05) is 49.6 Å². The average Bonchev–Trinajstić information content (AvgIpc) is 3.20. The molecule has 6 nitrogen and oxygen atoms in total. The van der Waals surface area contributed by atoms with Gasteiger partial charge in [0.05, 0.1) is 5.69 Å². The Hall–Kier alpha value is -2.37. The van der Waals surface area contributed by atoms with Crippen LogP contribution >= 0.6 is 0 Å². The van der Waals surface area contributed by atoms with Crippen molar-refractivity contribution in [3.05, 3.63) is 30.6 Å². The van der Waals surface area contributed by atoms with Crippen molar-refractivity contribution in [2.45, 2.75) is 57.4 Å². The number of nitrogens with zero attached hydrogens (tertiary/aromatic N) is 3. The number of H-pyrrole nitrogens is 1. The summed E-state index contributed by atoms with van der Waals surface area (Å²) in [4.78, 5) is 18.8. The lowest BCUT2D eigenvalue weighted by atomic mass is 9.86. The molecule has 1 saturated heterocycles. The van der Waals surface area contributed by atoms with Gasteiger partial charge in [-0.15, -0.1) is 0 Å². The Bertz CT molecular complexity index is 730. The Morgan fingerprint density at radius 1 is 1.19 bits per heavy atom. The van der Waals surface area contributed by atoms with Gasteiger partial charge in [0.1, 0.15) is 0 Å². The third-order valence-electron chi connectivity index (χ3n) is 5.92. The Kier molecular flexibility index (Phi) is 5.70. The molecule has 2 aromatic heterocycles. The molecule has 2 fully saturated rings. The molecule has 0 atom stereocenters. The van der Waals surface area contributed by atoms with Crippen LogP contribution in [0.5, 0.6) is 0 Å². The third-order valence-corrected chi connectivity index (χ3v) is 5.92. The van der Waals surface area contributed by atoms with Crippen LogP contribution in [0.1, 0.15) is 51.4 Å². The SMILES string of the molecule is O=C(CC1CCCCC1)NC1CCN(c2cc(-c3cccnc3)[nH]n2)CC1. The molecule has 6 heteroatoms. The van der Waals surface area contributed by atoms with Crippen LogP contribution in [0.3, 0.4) is 0 Å². The lowest BCUT2D eigenvalue weighted by Gasteiger charge is -2.32. The van der Waals surface area contributed by atoms with Gasteiger partial charge >= 0.3 is 0 Å². The fraction of sp³-hybridized carbons (Fsp3) is 0.571. The van der Waals surface area contributed by atoms with Crippen molar-refractivity contribution in [1.29, 1.82) is 0 Å². The highest BCUT2D eigenvalue weighted by Gasteiger charge is 2.24. The molecule has 0 radical (unpaired) electrons. The quantitative estimate of drug-likeness (QED) is 0.848. The minimum absolute atomic E-state index is 0.249. The van der Waals surface area contributed by atoms with Gasteiger partial charge in [0.2, 0.25) is 5.91 Å².